The summed E-state index contributed by atoms with van der Waals surface area (Å²) in [7, 11) is 0. The summed E-state index contributed by atoms with van der Waals surface area (Å²) in [4.78, 5) is 27.0. The van der Waals surface area contributed by atoms with Crippen molar-refractivity contribution in [3.8, 4) is 0 Å². The zero-order valence-electron chi connectivity index (χ0n) is 10.8. The highest BCUT2D eigenvalue weighted by Gasteiger charge is 2.11. The Morgan fingerprint density at radius 3 is 3.00 bits per heavy atom. The van der Waals surface area contributed by atoms with Gasteiger partial charge in [0, 0.05) is 18.8 Å². The van der Waals surface area contributed by atoms with Crippen LogP contribution in [-0.4, -0.2) is 26.5 Å². The molecule has 2 rings (SSSR count). The van der Waals surface area contributed by atoms with Gasteiger partial charge < -0.3 is 5.11 Å². The molecule has 0 spiro atoms. The van der Waals surface area contributed by atoms with Crippen LogP contribution in [0.15, 0.2) is 29.2 Å². The number of carboxylic acid groups (broad SMARTS) is 1. The van der Waals surface area contributed by atoms with E-state index in [0.29, 0.717) is 11.3 Å². The van der Waals surface area contributed by atoms with E-state index in [1.807, 2.05) is 13.0 Å². The summed E-state index contributed by atoms with van der Waals surface area (Å²) in [6.07, 6.45) is 1.66. The van der Waals surface area contributed by atoms with Crippen molar-refractivity contribution < 1.29 is 9.90 Å². The average Bonchev–Trinajstić information content (AvgIpc) is 2.37. The van der Waals surface area contributed by atoms with Crippen molar-refractivity contribution in [2.75, 3.05) is 0 Å². The second kappa shape index (κ2) is 5.19. The van der Waals surface area contributed by atoms with Gasteiger partial charge in [0.1, 0.15) is 11.7 Å². The zero-order chi connectivity index (χ0) is 14.0. The van der Waals surface area contributed by atoms with Gasteiger partial charge in [-0.25, -0.2) is 4.98 Å². The summed E-state index contributed by atoms with van der Waals surface area (Å²) in [5.74, 6) is -0.936. The first-order valence-corrected chi connectivity index (χ1v) is 5.93. The predicted molar refractivity (Wildman–Crippen MR) is 70.1 cm³/mol. The molecule has 2 N–H and O–H groups in total. The van der Waals surface area contributed by atoms with Crippen LogP contribution in [0.1, 0.15) is 18.2 Å². The van der Waals surface area contributed by atoms with Crippen LogP contribution < -0.4 is 10.9 Å². The molecule has 19 heavy (non-hydrogen) atoms. The molecule has 0 bridgehead atoms. The van der Waals surface area contributed by atoms with Gasteiger partial charge in [-0.2, -0.15) is 0 Å². The van der Waals surface area contributed by atoms with Gasteiger partial charge in [0.05, 0.1) is 5.69 Å². The van der Waals surface area contributed by atoms with E-state index in [1.165, 1.54) is 10.5 Å². The molecule has 0 radical (unpaired) electrons. The first kappa shape index (κ1) is 13.2. The number of rotatable bonds is 4. The molecule has 0 aliphatic heterocycles. The number of pyridine rings is 1. The third-order valence-electron chi connectivity index (χ3n) is 2.90. The summed E-state index contributed by atoms with van der Waals surface area (Å²) >= 11 is 0. The largest absolute Gasteiger partial charge is 0.480 e. The van der Waals surface area contributed by atoms with Crippen molar-refractivity contribution in [2.24, 2.45) is 0 Å². The summed E-state index contributed by atoms with van der Waals surface area (Å²) in [6, 6.07) is 4.39. The quantitative estimate of drug-likeness (QED) is 0.840. The van der Waals surface area contributed by atoms with Gasteiger partial charge in [0.2, 0.25) is 0 Å². The van der Waals surface area contributed by atoms with Crippen molar-refractivity contribution in [1.29, 1.82) is 0 Å². The van der Waals surface area contributed by atoms with Crippen molar-refractivity contribution in [2.45, 2.75) is 26.4 Å². The highest BCUT2D eigenvalue weighted by Crippen LogP contribution is 2.05. The Morgan fingerprint density at radius 1 is 1.58 bits per heavy atom. The van der Waals surface area contributed by atoms with E-state index in [-0.39, 0.29) is 12.1 Å². The molecule has 6 nitrogen and oxygen atoms in total. The molecule has 2 aromatic heterocycles. The van der Waals surface area contributed by atoms with E-state index in [9.17, 15) is 9.59 Å². The Hall–Kier alpha value is -2.21. The third kappa shape index (κ3) is 2.79. The molecule has 0 unspecified atom stereocenters. The molecule has 0 aromatic carbocycles. The van der Waals surface area contributed by atoms with Gasteiger partial charge in [0.25, 0.3) is 5.56 Å². The maximum atomic E-state index is 11.9. The van der Waals surface area contributed by atoms with Crippen LogP contribution in [0, 0.1) is 6.92 Å². The molecular formula is C13H15N3O3. The van der Waals surface area contributed by atoms with Crippen LogP contribution in [0.2, 0.25) is 0 Å². The predicted octanol–water partition coefficient (Wildman–Crippen LogP) is 0.566. The number of hydrogen-bond acceptors (Lipinski definition) is 4. The lowest BCUT2D eigenvalue weighted by Gasteiger charge is -2.09. The Bertz CT molecular complexity index is 678. The number of hydrogen-bond donors (Lipinski definition) is 2. The van der Waals surface area contributed by atoms with Crippen LogP contribution in [0.4, 0.5) is 0 Å². The fourth-order valence-corrected chi connectivity index (χ4v) is 1.74. The number of aromatic nitrogens is 2. The van der Waals surface area contributed by atoms with Crippen LogP contribution in [0.3, 0.4) is 0 Å². The van der Waals surface area contributed by atoms with E-state index in [0.717, 1.165) is 5.56 Å². The third-order valence-corrected chi connectivity index (χ3v) is 2.90. The lowest BCUT2D eigenvalue weighted by Crippen LogP contribution is -2.33. The van der Waals surface area contributed by atoms with E-state index in [4.69, 9.17) is 5.11 Å². The standard InChI is InChI=1S/C13H15N3O3/c1-8-4-3-5-16-11(17)6-10(15-12(8)16)7-14-9(2)13(18)19/h3-6,9,14H,7H2,1-2H3,(H,18,19)/t9-/m1/s1. The number of carbonyl (C=O) groups is 1. The number of fused-ring (bicyclic) bond motifs is 1. The summed E-state index contributed by atoms with van der Waals surface area (Å²) in [5, 5.41) is 11.6. The fraction of sp³-hybridized carbons (Fsp3) is 0.308. The molecule has 0 saturated carbocycles. The Kier molecular flexibility index (Phi) is 3.62. The normalized spacial score (nSPS) is 12.5. The fourth-order valence-electron chi connectivity index (χ4n) is 1.74. The van der Waals surface area contributed by atoms with Gasteiger partial charge >= 0.3 is 5.97 Å². The Morgan fingerprint density at radius 2 is 2.32 bits per heavy atom. The van der Waals surface area contributed by atoms with Crippen LogP contribution in [-0.2, 0) is 11.3 Å². The monoisotopic (exact) mass is 261 g/mol. The molecule has 100 valence electrons. The number of carboxylic acids is 1. The van der Waals surface area contributed by atoms with E-state index >= 15 is 0 Å². The summed E-state index contributed by atoms with van der Waals surface area (Å²) in [6.45, 7) is 3.66. The molecular weight excluding hydrogens is 246 g/mol. The highest BCUT2D eigenvalue weighted by atomic mass is 16.4. The smallest absolute Gasteiger partial charge is 0.320 e. The van der Waals surface area contributed by atoms with Crippen molar-refractivity contribution in [1.82, 2.24) is 14.7 Å². The first-order valence-electron chi connectivity index (χ1n) is 5.93. The molecule has 2 aromatic rings. The van der Waals surface area contributed by atoms with Crippen molar-refractivity contribution in [3.63, 3.8) is 0 Å². The van der Waals surface area contributed by atoms with E-state index in [2.05, 4.69) is 10.3 Å². The Balaban J connectivity index is 2.33. The number of nitrogens with one attached hydrogen (secondary N) is 1. The number of aliphatic carboxylic acids is 1. The Labute approximate surface area is 109 Å². The lowest BCUT2D eigenvalue weighted by atomic mass is 10.2. The second-order valence-corrected chi connectivity index (χ2v) is 4.41. The molecule has 0 fully saturated rings. The van der Waals surface area contributed by atoms with Crippen molar-refractivity contribution >= 4 is 11.6 Å². The van der Waals surface area contributed by atoms with E-state index in [1.54, 1.807) is 19.2 Å². The van der Waals surface area contributed by atoms with E-state index < -0.39 is 12.0 Å². The average molecular weight is 261 g/mol. The minimum absolute atomic E-state index is 0.173. The van der Waals surface area contributed by atoms with Gasteiger partial charge in [-0.1, -0.05) is 6.07 Å². The molecule has 0 amide bonds. The van der Waals surface area contributed by atoms with Gasteiger partial charge in [-0.05, 0) is 25.5 Å². The van der Waals surface area contributed by atoms with Crippen molar-refractivity contribution in [3.05, 3.63) is 46.0 Å². The van der Waals surface area contributed by atoms with Gasteiger partial charge in [-0.15, -0.1) is 0 Å². The van der Waals surface area contributed by atoms with Crippen LogP contribution >= 0.6 is 0 Å². The number of aryl methyl sites for hydroxylation is 1. The van der Waals surface area contributed by atoms with Gasteiger partial charge in [-0.3, -0.25) is 19.3 Å². The summed E-state index contributed by atoms with van der Waals surface area (Å²) < 4.78 is 1.47. The maximum absolute atomic E-state index is 11.9. The minimum atomic E-state index is -0.936. The first-order chi connectivity index (χ1) is 8.99. The highest BCUT2D eigenvalue weighted by molar-refractivity contribution is 5.72. The molecule has 0 aliphatic rings. The van der Waals surface area contributed by atoms with Crippen LogP contribution in [0.5, 0.6) is 0 Å². The second-order valence-electron chi connectivity index (χ2n) is 4.41. The molecule has 0 saturated heterocycles. The molecule has 6 heteroatoms. The molecule has 1 atom stereocenters. The molecule has 2 heterocycles. The lowest BCUT2D eigenvalue weighted by molar-refractivity contribution is -0.139. The summed E-state index contributed by atoms with van der Waals surface area (Å²) in [5.41, 5.74) is 1.85. The SMILES string of the molecule is Cc1cccn2c(=O)cc(CN[C@H](C)C(=O)O)nc12. The topological polar surface area (TPSA) is 83.7 Å². The maximum Gasteiger partial charge on any atom is 0.320 e. The zero-order valence-corrected chi connectivity index (χ0v) is 10.8. The molecule has 0 aliphatic carbocycles. The van der Waals surface area contributed by atoms with Crippen LogP contribution in [0.25, 0.3) is 5.65 Å². The van der Waals surface area contributed by atoms with Gasteiger partial charge in [0.15, 0.2) is 0 Å². The minimum Gasteiger partial charge on any atom is -0.480 e. The number of nitrogens with zero attached hydrogens (tertiary/aromatic N) is 2.